The highest BCUT2D eigenvalue weighted by Crippen LogP contribution is 2.05. The number of amides is 2. The number of benzene rings is 1. The predicted octanol–water partition coefficient (Wildman–Crippen LogP) is 1.15. The molecule has 0 spiro atoms. The first-order chi connectivity index (χ1) is 12.2. The Labute approximate surface area is 148 Å². The van der Waals surface area contributed by atoms with Crippen molar-refractivity contribution in [3.63, 3.8) is 0 Å². The highest BCUT2D eigenvalue weighted by molar-refractivity contribution is 5.97. The Morgan fingerprint density at radius 1 is 1.08 bits per heavy atom. The number of carbonyl (C=O) groups excluding carboxylic acids is 2. The molecule has 0 aliphatic carbocycles. The maximum absolute atomic E-state index is 12.5. The zero-order valence-corrected chi connectivity index (χ0v) is 14.4. The van der Waals surface area contributed by atoms with E-state index in [0.29, 0.717) is 25.1 Å². The smallest absolute Gasteiger partial charge is 0.253 e. The minimum atomic E-state index is -0.642. The van der Waals surface area contributed by atoms with Crippen molar-refractivity contribution in [3.05, 3.63) is 66.0 Å². The van der Waals surface area contributed by atoms with Gasteiger partial charge in [-0.1, -0.05) is 37.3 Å². The van der Waals surface area contributed by atoms with Crippen LogP contribution in [0.25, 0.3) is 0 Å². The van der Waals surface area contributed by atoms with Crippen LogP contribution in [-0.2, 0) is 11.2 Å². The van der Waals surface area contributed by atoms with Gasteiger partial charge in [0, 0.05) is 31.9 Å². The Morgan fingerprint density at radius 2 is 1.88 bits per heavy atom. The second kappa shape index (κ2) is 10.2. The molecule has 0 bridgehead atoms. The highest BCUT2D eigenvalue weighted by atomic mass is 16.2. The molecule has 3 N–H and O–H groups in total. The van der Waals surface area contributed by atoms with Gasteiger partial charge in [0.15, 0.2) is 0 Å². The molecule has 0 saturated heterocycles. The van der Waals surface area contributed by atoms with Gasteiger partial charge in [0.05, 0.1) is 5.56 Å². The molecule has 132 valence electrons. The molecule has 0 saturated carbocycles. The Balaban J connectivity index is 2.03. The van der Waals surface area contributed by atoms with Crippen molar-refractivity contribution < 1.29 is 9.59 Å². The predicted molar refractivity (Wildman–Crippen MR) is 97.2 cm³/mol. The molecular formula is C19H24N4O2. The van der Waals surface area contributed by atoms with Gasteiger partial charge in [-0.2, -0.15) is 0 Å². The summed E-state index contributed by atoms with van der Waals surface area (Å²) in [4.78, 5) is 28.8. The zero-order valence-electron chi connectivity index (χ0n) is 14.4. The fourth-order valence-corrected chi connectivity index (χ4v) is 2.37. The van der Waals surface area contributed by atoms with Gasteiger partial charge in [0.25, 0.3) is 5.91 Å². The van der Waals surface area contributed by atoms with E-state index in [1.807, 2.05) is 37.3 Å². The number of carbonyl (C=O) groups is 2. The molecule has 6 heteroatoms. The summed E-state index contributed by atoms with van der Waals surface area (Å²) >= 11 is 0. The van der Waals surface area contributed by atoms with Crippen molar-refractivity contribution in [2.24, 2.45) is 0 Å². The Morgan fingerprint density at radius 3 is 2.56 bits per heavy atom. The Hall–Kier alpha value is -2.73. The number of likely N-dealkylation sites (N-methyl/N-ethyl adjacent to an activating group) is 1. The number of nitrogens with one attached hydrogen (secondary N) is 3. The van der Waals surface area contributed by atoms with E-state index in [-0.39, 0.29) is 11.8 Å². The lowest BCUT2D eigenvalue weighted by Gasteiger charge is -2.19. The number of rotatable bonds is 9. The van der Waals surface area contributed by atoms with Crippen molar-refractivity contribution in [2.75, 3.05) is 19.6 Å². The van der Waals surface area contributed by atoms with E-state index < -0.39 is 6.04 Å². The van der Waals surface area contributed by atoms with Gasteiger partial charge < -0.3 is 16.0 Å². The van der Waals surface area contributed by atoms with Crippen molar-refractivity contribution in [1.29, 1.82) is 0 Å². The Kier molecular flexibility index (Phi) is 7.59. The molecule has 0 fully saturated rings. The molecule has 1 atom stereocenters. The summed E-state index contributed by atoms with van der Waals surface area (Å²) in [6.45, 7) is 4.06. The molecule has 1 unspecified atom stereocenters. The van der Waals surface area contributed by atoms with Crippen molar-refractivity contribution >= 4 is 11.8 Å². The lowest BCUT2D eigenvalue weighted by Crippen LogP contribution is -2.49. The van der Waals surface area contributed by atoms with E-state index >= 15 is 0 Å². The van der Waals surface area contributed by atoms with Gasteiger partial charge in [-0.15, -0.1) is 0 Å². The van der Waals surface area contributed by atoms with Crippen LogP contribution in [0.1, 0.15) is 22.8 Å². The van der Waals surface area contributed by atoms with Crippen LogP contribution in [0.15, 0.2) is 54.9 Å². The monoisotopic (exact) mass is 340 g/mol. The summed E-state index contributed by atoms with van der Waals surface area (Å²) in [5.41, 5.74) is 1.42. The maximum Gasteiger partial charge on any atom is 0.253 e. The average molecular weight is 340 g/mol. The molecule has 1 aromatic heterocycles. The van der Waals surface area contributed by atoms with Crippen LogP contribution in [0, 0.1) is 0 Å². The van der Waals surface area contributed by atoms with Crippen LogP contribution >= 0.6 is 0 Å². The lowest BCUT2D eigenvalue weighted by molar-refractivity contribution is -0.122. The number of pyridine rings is 1. The summed E-state index contributed by atoms with van der Waals surface area (Å²) < 4.78 is 0. The molecule has 25 heavy (non-hydrogen) atoms. The van der Waals surface area contributed by atoms with Crippen molar-refractivity contribution in [1.82, 2.24) is 20.9 Å². The van der Waals surface area contributed by atoms with Gasteiger partial charge in [-0.3, -0.25) is 14.6 Å². The molecule has 1 heterocycles. The SMILES string of the molecule is CCNCCNC(=O)C(Cc1ccccc1)NC(=O)c1cccnc1. The third-order valence-corrected chi connectivity index (χ3v) is 3.68. The van der Waals surface area contributed by atoms with Crippen LogP contribution < -0.4 is 16.0 Å². The normalized spacial score (nSPS) is 11.6. The minimum Gasteiger partial charge on any atom is -0.353 e. The van der Waals surface area contributed by atoms with Crippen LogP contribution in [0.3, 0.4) is 0 Å². The highest BCUT2D eigenvalue weighted by Gasteiger charge is 2.21. The second-order valence-electron chi connectivity index (χ2n) is 5.60. The summed E-state index contributed by atoms with van der Waals surface area (Å²) in [7, 11) is 0. The topological polar surface area (TPSA) is 83.1 Å². The fraction of sp³-hybridized carbons (Fsp3) is 0.316. The summed E-state index contributed by atoms with van der Waals surface area (Å²) in [5.74, 6) is -0.505. The largest absolute Gasteiger partial charge is 0.353 e. The summed E-state index contributed by atoms with van der Waals surface area (Å²) in [5, 5.41) is 8.82. The molecule has 2 rings (SSSR count). The summed E-state index contributed by atoms with van der Waals surface area (Å²) in [6.07, 6.45) is 3.52. The lowest BCUT2D eigenvalue weighted by atomic mass is 10.0. The molecule has 0 aliphatic heterocycles. The molecule has 0 aliphatic rings. The zero-order chi connectivity index (χ0) is 17.9. The first-order valence-corrected chi connectivity index (χ1v) is 8.44. The van der Waals surface area contributed by atoms with Gasteiger partial charge in [-0.25, -0.2) is 0 Å². The molecule has 0 radical (unpaired) electrons. The molecule has 1 aromatic carbocycles. The Bertz CT molecular complexity index is 662. The van der Waals surface area contributed by atoms with Crippen molar-refractivity contribution in [3.8, 4) is 0 Å². The van der Waals surface area contributed by atoms with E-state index in [2.05, 4.69) is 20.9 Å². The van der Waals surface area contributed by atoms with E-state index in [1.54, 1.807) is 18.3 Å². The molecule has 2 amide bonds. The third-order valence-electron chi connectivity index (χ3n) is 3.68. The van der Waals surface area contributed by atoms with E-state index in [0.717, 1.165) is 12.1 Å². The van der Waals surface area contributed by atoms with Crippen molar-refractivity contribution in [2.45, 2.75) is 19.4 Å². The number of hydrogen-bond donors (Lipinski definition) is 3. The number of aromatic nitrogens is 1. The van der Waals surface area contributed by atoms with Gasteiger partial charge in [0.2, 0.25) is 5.91 Å². The quantitative estimate of drug-likeness (QED) is 0.598. The standard InChI is InChI=1S/C19H24N4O2/c1-2-20-11-12-22-19(25)17(13-15-7-4-3-5-8-15)23-18(24)16-9-6-10-21-14-16/h3-10,14,17,20H,2,11-13H2,1H3,(H,22,25)(H,23,24). The fourth-order valence-electron chi connectivity index (χ4n) is 2.37. The van der Waals surface area contributed by atoms with Gasteiger partial charge in [0.1, 0.15) is 6.04 Å². The van der Waals surface area contributed by atoms with Crippen LogP contribution in [0.4, 0.5) is 0 Å². The van der Waals surface area contributed by atoms with Gasteiger partial charge in [-0.05, 0) is 24.2 Å². The summed E-state index contributed by atoms with van der Waals surface area (Å²) in [6, 6.07) is 12.4. The van der Waals surface area contributed by atoms with Crippen LogP contribution in [0.5, 0.6) is 0 Å². The number of hydrogen-bond acceptors (Lipinski definition) is 4. The minimum absolute atomic E-state index is 0.195. The second-order valence-corrected chi connectivity index (χ2v) is 5.60. The third kappa shape index (κ3) is 6.35. The van der Waals surface area contributed by atoms with E-state index in [1.165, 1.54) is 6.20 Å². The molecule has 2 aromatic rings. The first-order valence-electron chi connectivity index (χ1n) is 8.44. The van der Waals surface area contributed by atoms with Gasteiger partial charge >= 0.3 is 0 Å². The average Bonchev–Trinajstić information content (AvgIpc) is 2.66. The molecule has 6 nitrogen and oxygen atoms in total. The van der Waals surface area contributed by atoms with Crippen LogP contribution in [0.2, 0.25) is 0 Å². The van der Waals surface area contributed by atoms with E-state index in [9.17, 15) is 9.59 Å². The number of nitrogens with zero attached hydrogens (tertiary/aromatic N) is 1. The molecular weight excluding hydrogens is 316 g/mol. The van der Waals surface area contributed by atoms with Crippen LogP contribution in [-0.4, -0.2) is 42.5 Å². The van der Waals surface area contributed by atoms with E-state index in [4.69, 9.17) is 0 Å². The maximum atomic E-state index is 12.5. The first kappa shape index (κ1) is 18.6.